The Kier molecular flexibility index (Phi) is 19.5. The van der Waals surface area contributed by atoms with Crippen LogP contribution in [0.3, 0.4) is 0 Å². The molecule has 3 fully saturated rings. The number of rotatable bonds is 31. The van der Waals surface area contributed by atoms with E-state index in [0.717, 1.165) is 84.6 Å². The minimum absolute atomic E-state index is 0.0427. The van der Waals surface area contributed by atoms with Crippen LogP contribution in [0.2, 0.25) is 0 Å². The Morgan fingerprint density at radius 1 is 0.462 bits per heavy atom. The SMILES string of the molecule is CCC1(COCCCCOC(=O)c2cc(OC(=O)c3ccc(OCCCCOCC4(CC)COC4)cc3)ccc2OC(=O)c2ccc(OCCCCOCC3(CC)COC3)cc2)COC1. The molecule has 3 heterocycles. The number of unbranched alkanes of at least 4 members (excludes halogenated alkanes) is 3. The van der Waals surface area contributed by atoms with Gasteiger partial charge >= 0.3 is 17.9 Å². The van der Waals surface area contributed by atoms with Gasteiger partial charge in [-0.15, -0.1) is 0 Å². The van der Waals surface area contributed by atoms with Crippen molar-refractivity contribution in [2.24, 2.45) is 16.2 Å². The van der Waals surface area contributed by atoms with Crippen molar-refractivity contribution >= 4 is 17.9 Å². The molecule has 14 nitrogen and oxygen atoms in total. The summed E-state index contributed by atoms with van der Waals surface area (Å²) in [6.07, 6.45) is 7.74. The molecule has 0 spiro atoms. The van der Waals surface area contributed by atoms with Crippen LogP contribution in [0.4, 0.5) is 0 Å². The summed E-state index contributed by atoms with van der Waals surface area (Å²) in [6, 6.07) is 17.4. The molecule has 14 heteroatoms. The first-order valence-electron chi connectivity index (χ1n) is 23.4. The van der Waals surface area contributed by atoms with Crippen LogP contribution in [0.15, 0.2) is 66.7 Å². The van der Waals surface area contributed by atoms with Crippen LogP contribution >= 0.6 is 0 Å². The number of hydrogen-bond donors (Lipinski definition) is 0. The fraction of sp³-hybridized carbons (Fsp3) is 0.588. The van der Waals surface area contributed by atoms with Crippen LogP contribution in [0, 0.1) is 16.2 Å². The first-order chi connectivity index (χ1) is 31.7. The van der Waals surface area contributed by atoms with Gasteiger partial charge in [0.15, 0.2) is 0 Å². The molecule has 3 saturated heterocycles. The van der Waals surface area contributed by atoms with Gasteiger partial charge in [0.1, 0.15) is 28.6 Å². The number of benzene rings is 3. The Bertz CT molecular complexity index is 1900. The fourth-order valence-electron chi connectivity index (χ4n) is 7.27. The molecule has 0 bridgehead atoms. The summed E-state index contributed by atoms with van der Waals surface area (Å²) in [5.41, 5.74) is 0.924. The molecule has 0 saturated carbocycles. The highest BCUT2D eigenvalue weighted by Gasteiger charge is 2.38. The zero-order chi connectivity index (χ0) is 45.8. The van der Waals surface area contributed by atoms with Crippen molar-refractivity contribution < 1.29 is 66.5 Å². The standard InChI is InChI=1S/C51H68O14/c1-4-49(33-58-34-49)30-55-23-7-10-26-61-41-17-13-39(14-18-41)46(52)64-43-21-22-45(44(29-43)48(54)63-28-12-9-25-57-32-51(6-3)37-60-38-51)65-47(53)40-15-19-42(20-16-40)62-27-11-8-24-56-31-50(5-2)35-59-36-50/h13-22,29H,4-12,23-28,30-38H2,1-3H3. The summed E-state index contributed by atoms with van der Waals surface area (Å²) in [7, 11) is 0. The van der Waals surface area contributed by atoms with Crippen LogP contribution in [-0.2, 0) is 33.2 Å². The summed E-state index contributed by atoms with van der Waals surface area (Å²) in [5.74, 6) is -0.793. The van der Waals surface area contributed by atoms with Crippen molar-refractivity contribution in [1.29, 1.82) is 0 Å². The fourth-order valence-corrected chi connectivity index (χ4v) is 7.27. The van der Waals surface area contributed by atoms with Gasteiger partial charge < -0.3 is 52.1 Å². The van der Waals surface area contributed by atoms with Gasteiger partial charge in [0.05, 0.1) is 90.4 Å². The first kappa shape index (κ1) is 49.9. The van der Waals surface area contributed by atoms with Gasteiger partial charge in [0.2, 0.25) is 0 Å². The predicted molar refractivity (Wildman–Crippen MR) is 241 cm³/mol. The van der Waals surface area contributed by atoms with E-state index in [9.17, 15) is 14.4 Å². The second-order valence-electron chi connectivity index (χ2n) is 17.6. The summed E-state index contributed by atoms with van der Waals surface area (Å²) in [5, 5.41) is 0. The lowest BCUT2D eigenvalue weighted by molar-refractivity contribution is -0.150. The largest absolute Gasteiger partial charge is 0.494 e. The van der Waals surface area contributed by atoms with Crippen molar-refractivity contribution in [2.45, 2.75) is 78.6 Å². The van der Waals surface area contributed by atoms with Gasteiger partial charge in [-0.3, -0.25) is 0 Å². The average Bonchev–Trinajstić information content (AvgIpc) is 3.28. The number of hydrogen-bond acceptors (Lipinski definition) is 14. The van der Waals surface area contributed by atoms with Crippen molar-refractivity contribution in [1.82, 2.24) is 0 Å². The van der Waals surface area contributed by atoms with Crippen molar-refractivity contribution in [3.63, 3.8) is 0 Å². The summed E-state index contributed by atoms with van der Waals surface area (Å²) >= 11 is 0. The number of carbonyl (C=O) groups is 3. The maximum absolute atomic E-state index is 13.5. The van der Waals surface area contributed by atoms with Crippen molar-refractivity contribution in [3.05, 3.63) is 83.4 Å². The highest BCUT2D eigenvalue weighted by Crippen LogP contribution is 2.33. The first-order valence-corrected chi connectivity index (χ1v) is 23.4. The van der Waals surface area contributed by atoms with Gasteiger partial charge in [-0.2, -0.15) is 0 Å². The third-order valence-corrected chi connectivity index (χ3v) is 12.5. The van der Waals surface area contributed by atoms with Crippen LogP contribution in [0.5, 0.6) is 23.0 Å². The second-order valence-corrected chi connectivity index (χ2v) is 17.6. The van der Waals surface area contributed by atoms with E-state index in [1.54, 1.807) is 48.5 Å². The molecule has 0 radical (unpaired) electrons. The quantitative estimate of drug-likeness (QED) is 0.0344. The van der Waals surface area contributed by atoms with E-state index in [-0.39, 0.29) is 51.0 Å². The molecule has 0 aromatic heterocycles. The molecule has 356 valence electrons. The molecule has 3 aliphatic heterocycles. The lowest BCUT2D eigenvalue weighted by Gasteiger charge is -2.40. The van der Waals surface area contributed by atoms with Crippen LogP contribution in [0.1, 0.15) is 110 Å². The maximum atomic E-state index is 13.5. The highest BCUT2D eigenvalue weighted by atomic mass is 16.6. The van der Waals surface area contributed by atoms with E-state index in [2.05, 4.69) is 20.8 Å². The molecule has 0 aliphatic carbocycles. The summed E-state index contributed by atoms with van der Waals surface area (Å²) in [4.78, 5) is 40.1. The maximum Gasteiger partial charge on any atom is 0.343 e. The van der Waals surface area contributed by atoms with Crippen molar-refractivity contribution in [2.75, 3.05) is 99.1 Å². The molecule has 0 amide bonds. The highest BCUT2D eigenvalue weighted by molar-refractivity contribution is 5.97. The molecule has 0 atom stereocenters. The second kappa shape index (κ2) is 25.4. The normalized spacial score (nSPS) is 16.6. The summed E-state index contributed by atoms with van der Waals surface area (Å²) in [6.45, 7) is 16.0. The molecule has 65 heavy (non-hydrogen) atoms. The van der Waals surface area contributed by atoms with Gasteiger partial charge in [-0.05, 0) is 125 Å². The van der Waals surface area contributed by atoms with E-state index >= 15 is 0 Å². The molecule has 0 N–H and O–H groups in total. The molecule has 3 aliphatic rings. The lowest BCUT2D eigenvalue weighted by atomic mass is 9.84. The zero-order valence-corrected chi connectivity index (χ0v) is 38.5. The third kappa shape index (κ3) is 15.0. The zero-order valence-electron chi connectivity index (χ0n) is 38.5. The Labute approximate surface area is 383 Å². The smallest absolute Gasteiger partial charge is 0.343 e. The van der Waals surface area contributed by atoms with E-state index in [4.69, 9.17) is 52.1 Å². The van der Waals surface area contributed by atoms with E-state index < -0.39 is 17.9 Å². The Balaban J connectivity index is 0.974. The van der Waals surface area contributed by atoms with E-state index in [0.29, 0.717) is 77.2 Å². The van der Waals surface area contributed by atoms with Gasteiger partial charge in [-0.25, -0.2) is 14.4 Å². The van der Waals surface area contributed by atoms with Gasteiger partial charge in [0.25, 0.3) is 0 Å². The van der Waals surface area contributed by atoms with Gasteiger partial charge in [-0.1, -0.05) is 20.8 Å². The molecular weight excluding hydrogens is 837 g/mol. The molecule has 0 unspecified atom stereocenters. The number of esters is 3. The molecule has 3 aromatic carbocycles. The van der Waals surface area contributed by atoms with E-state index in [1.807, 2.05) is 0 Å². The third-order valence-electron chi connectivity index (χ3n) is 12.5. The summed E-state index contributed by atoms with van der Waals surface area (Å²) < 4.78 is 62.5. The minimum atomic E-state index is -0.731. The van der Waals surface area contributed by atoms with Crippen LogP contribution in [0.25, 0.3) is 0 Å². The monoisotopic (exact) mass is 904 g/mol. The topological polar surface area (TPSA) is 153 Å². The van der Waals surface area contributed by atoms with Crippen molar-refractivity contribution in [3.8, 4) is 23.0 Å². The Hall–Kier alpha value is -4.57. The minimum Gasteiger partial charge on any atom is -0.494 e. The van der Waals surface area contributed by atoms with Crippen LogP contribution in [-0.4, -0.2) is 117 Å². The molecule has 3 aromatic rings. The number of ether oxygens (including phenoxy) is 11. The average molecular weight is 905 g/mol. The number of carbonyl (C=O) groups excluding carboxylic acids is 3. The van der Waals surface area contributed by atoms with Crippen LogP contribution < -0.4 is 18.9 Å². The van der Waals surface area contributed by atoms with Gasteiger partial charge in [0, 0.05) is 36.1 Å². The predicted octanol–water partition coefficient (Wildman–Crippen LogP) is 8.71. The Morgan fingerprint density at radius 2 is 0.846 bits per heavy atom. The molecular formula is C51H68O14. The lowest BCUT2D eigenvalue weighted by Crippen LogP contribution is -2.45. The Morgan fingerprint density at radius 3 is 1.25 bits per heavy atom. The molecule has 6 rings (SSSR count). The van der Waals surface area contributed by atoms with E-state index in [1.165, 1.54) is 18.2 Å².